The first kappa shape index (κ1) is 29.1. The van der Waals surface area contributed by atoms with Gasteiger partial charge in [-0.25, -0.2) is 4.79 Å². The number of rotatable bonds is 22. The van der Waals surface area contributed by atoms with Crippen molar-refractivity contribution in [2.75, 3.05) is 6.61 Å². The predicted molar refractivity (Wildman–Crippen MR) is 129 cm³/mol. The van der Waals surface area contributed by atoms with Crippen molar-refractivity contribution in [3.8, 4) is 0 Å². The predicted octanol–water partition coefficient (Wildman–Crippen LogP) is 8.58. The smallest absolute Gasteiger partial charge is 0.375 e. The van der Waals surface area contributed by atoms with Crippen LogP contribution in [0, 0.1) is 5.41 Å². The van der Waals surface area contributed by atoms with E-state index < -0.39 is 11.4 Å². The Morgan fingerprint density at radius 3 is 1.33 bits per heavy atom. The topological polar surface area (TPSA) is 43.4 Å². The van der Waals surface area contributed by atoms with Crippen LogP contribution >= 0.6 is 0 Å². The SMILES string of the molecule is CCCCCCCCCCCCC(CCCC)(CCCCCC)C(=O)C(=O)OCC. The average Bonchev–Trinajstić information content (AvgIpc) is 2.75. The van der Waals surface area contributed by atoms with E-state index in [0.29, 0.717) is 0 Å². The van der Waals surface area contributed by atoms with Crippen molar-refractivity contribution in [1.82, 2.24) is 0 Å². The Labute approximate surface area is 188 Å². The maximum atomic E-state index is 13.1. The fraction of sp³-hybridized carbons (Fsp3) is 0.926. The summed E-state index contributed by atoms with van der Waals surface area (Å²) < 4.78 is 5.13. The van der Waals surface area contributed by atoms with E-state index in [1.54, 1.807) is 6.92 Å². The first-order valence-electron chi connectivity index (χ1n) is 13.3. The van der Waals surface area contributed by atoms with Crippen LogP contribution in [-0.4, -0.2) is 18.4 Å². The third kappa shape index (κ3) is 13.4. The highest BCUT2D eigenvalue weighted by atomic mass is 16.5. The van der Waals surface area contributed by atoms with E-state index in [4.69, 9.17) is 4.74 Å². The molecule has 30 heavy (non-hydrogen) atoms. The van der Waals surface area contributed by atoms with Gasteiger partial charge in [-0.1, -0.05) is 124 Å². The molecule has 0 bridgehead atoms. The molecule has 0 aromatic heterocycles. The largest absolute Gasteiger partial charge is 0.460 e. The molecule has 0 saturated carbocycles. The summed E-state index contributed by atoms with van der Waals surface area (Å²) in [7, 11) is 0. The highest BCUT2D eigenvalue weighted by molar-refractivity contribution is 6.35. The van der Waals surface area contributed by atoms with E-state index in [1.165, 1.54) is 70.6 Å². The Morgan fingerprint density at radius 1 is 0.533 bits per heavy atom. The molecular formula is C27H52O3. The van der Waals surface area contributed by atoms with Crippen LogP contribution in [0.4, 0.5) is 0 Å². The van der Waals surface area contributed by atoms with Gasteiger partial charge in [0.25, 0.3) is 0 Å². The Morgan fingerprint density at radius 2 is 0.900 bits per heavy atom. The van der Waals surface area contributed by atoms with Gasteiger partial charge in [-0.05, 0) is 26.2 Å². The molecule has 0 saturated heterocycles. The first-order valence-corrected chi connectivity index (χ1v) is 13.3. The summed E-state index contributed by atoms with van der Waals surface area (Å²) in [6.07, 6.45) is 22.1. The van der Waals surface area contributed by atoms with Crippen LogP contribution in [0.5, 0.6) is 0 Å². The summed E-state index contributed by atoms with van der Waals surface area (Å²) >= 11 is 0. The molecule has 0 aliphatic rings. The van der Waals surface area contributed by atoms with E-state index in [1.807, 2.05) is 0 Å². The molecule has 0 amide bonds. The van der Waals surface area contributed by atoms with Gasteiger partial charge in [0.1, 0.15) is 0 Å². The number of ether oxygens (including phenoxy) is 1. The average molecular weight is 425 g/mol. The Balaban J connectivity index is 4.67. The zero-order valence-corrected chi connectivity index (χ0v) is 20.9. The quantitative estimate of drug-likeness (QED) is 0.0992. The van der Waals surface area contributed by atoms with Crippen molar-refractivity contribution in [1.29, 1.82) is 0 Å². The van der Waals surface area contributed by atoms with Crippen LogP contribution in [0.15, 0.2) is 0 Å². The number of hydrogen-bond donors (Lipinski definition) is 0. The number of carbonyl (C=O) groups is 2. The molecule has 0 aromatic rings. The molecule has 0 N–H and O–H groups in total. The van der Waals surface area contributed by atoms with Crippen molar-refractivity contribution in [3.63, 3.8) is 0 Å². The van der Waals surface area contributed by atoms with Crippen LogP contribution in [0.3, 0.4) is 0 Å². The van der Waals surface area contributed by atoms with Gasteiger partial charge in [-0.15, -0.1) is 0 Å². The normalized spacial score (nSPS) is 13.2. The fourth-order valence-electron chi connectivity index (χ4n) is 4.48. The maximum absolute atomic E-state index is 13.1. The molecule has 0 rings (SSSR count). The van der Waals surface area contributed by atoms with E-state index in [9.17, 15) is 9.59 Å². The highest BCUT2D eigenvalue weighted by Crippen LogP contribution is 2.38. The minimum absolute atomic E-state index is 0.245. The summed E-state index contributed by atoms with van der Waals surface area (Å²) in [4.78, 5) is 25.5. The summed E-state index contributed by atoms with van der Waals surface area (Å²) in [6, 6.07) is 0. The Kier molecular flexibility index (Phi) is 19.5. The molecule has 0 aromatic carbocycles. The van der Waals surface area contributed by atoms with Crippen LogP contribution in [0.1, 0.15) is 150 Å². The molecule has 3 heteroatoms. The minimum Gasteiger partial charge on any atom is -0.460 e. The molecule has 1 atom stereocenters. The second-order valence-electron chi connectivity index (χ2n) is 9.18. The second kappa shape index (κ2) is 20.1. The van der Waals surface area contributed by atoms with Gasteiger partial charge >= 0.3 is 5.97 Å². The molecule has 0 aliphatic heterocycles. The van der Waals surface area contributed by atoms with E-state index in [2.05, 4.69) is 20.8 Å². The lowest BCUT2D eigenvalue weighted by atomic mass is 9.71. The minimum atomic E-state index is -0.601. The summed E-state index contributed by atoms with van der Waals surface area (Å²) in [6.45, 7) is 8.69. The number of hydrogen-bond acceptors (Lipinski definition) is 3. The summed E-state index contributed by atoms with van der Waals surface area (Å²) in [5.74, 6) is -0.846. The second-order valence-corrected chi connectivity index (χ2v) is 9.18. The van der Waals surface area contributed by atoms with Gasteiger partial charge in [0.15, 0.2) is 0 Å². The number of esters is 1. The van der Waals surface area contributed by atoms with Crippen LogP contribution in [-0.2, 0) is 14.3 Å². The van der Waals surface area contributed by atoms with E-state index in [0.717, 1.165) is 51.4 Å². The zero-order chi connectivity index (χ0) is 22.5. The maximum Gasteiger partial charge on any atom is 0.375 e. The molecular weight excluding hydrogens is 372 g/mol. The molecule has 0 radical (unpaired) electrons. The van der Waals surface area contributed by atoms with Gasteiger partial charge in [-0.3, -0.25) is 4.79 Å². The Bertz CT molecular complexity index is 418. The van der Waals surface area contributed by atoms with Crippen molar-refractivity contribution in [2.24, 2.45) is 5.41 Å². The van der Waals surface area contributed by atoms with Gasteiger partial charge in [0.2, 0.25) is 5.78 Å². The van der Waals surface area contributed by atoms with Crippen molar-refractivity contribution in [3.05, 3.63) is 0 Å². The number of Topliss-reactive ketones (excluding diaryl/α,β-unsaturated/α-hetero) is 1. The van der Waals surface area contributed by atoms with Crippen molar-refractivity contribution >= 4 is 11.8 Å². The van der Waals surface area contributed by atoms with E-state index >= 15 is 0 Å². The number of carbonyl (C=O) groups excluding carboxylic acids is 2. The lowest BCUT2D eigenvalue weighted by Crippen LogP contribution is -2.38. The molecule has 178 valence electrons. The molecule has 0 aliphatic carbocycles. The molecule has 0 heterocycles. The standard InChI is InChI=1S/C27H52O3/c1-5-9-12-14-15-16-17-18-19-21-24-27(22-11-7-3,23-20-13-10-6-2)25(28)26(29)30-8-4/h5-24H2,1-4H3. The van der Waals surface area contributed by atoms with Crippen LogP contribution < -0.4 is 0 Å². The lowest BCUT2D eigenvalue weighted by Gasteiger charge is -2.32. The molecule has 0 fully saturated rings. The fourth-order valence-corrected chi connectivity index (χ4v) is 4.48. The summed E-state index contributed by atoms with van der Waals surface area (Å²) in [5, 5.41) is 0. The van der Waals surface area contributed by atoms with E-state index in [-0.39, 0.29) is 12.4 Å². The molecule has 1 unspecified atom stereocenters. The highest BCUT2D eigenvalue weighted by Gasteiger charge is 2.41. The van der Waals surface area contributed by atoms with Gasteiger partial charge in [0, 0.05) is 5.41 Å². The van der Waals surface area contributed by atoms with Gasteiger partial charge < -0.3 is 4.74 Å². The van der Waals surface area contributed by atoms with Crippen LogP contribution in [0.25, 0.3) is 0 Å². The molecule has 0 spiro atoms. The molecule has 3 nitrogen and oxygen atoms in total. The zero-order valence-electron chi connectivity index (χ0n) is 20.9. The van der Waals surface area contributed by atoms with Gasteiger partial charge in [0.05, 0.1) is 6.61 Å². The van der Waals surface area contributed by atoms with Crippen LogP contribution in [0.2, 0.25) is 0 Å². The number of ketones is 1. The number of unbranched alkanes of at least 4 members (excludes halogenated alkanes) is 13. The van der Waals surface area contributed by atoms with Gasteiger partial charge in [-0.2, -0.15) is 0 Å². The lowest BCUT2D eigenvalue weighted by molar-refractivity contribution is -0.159. The van der Waals surface area contributed by atoms with Crippen molar-refractivity contribution < 1.29 is 14.3 Å². The monoisotopic (exact) mass is 424 g/mol. The third-order valence-corrected chi connectivity index (χ3v) is 6.47. The summed E-state index contributed by atoms with van der Waals surface area (Å²) in [5.41, 5.74) is -0.490. The van der Waals surface area contributed by atoms with Crippen molar-refractivity contribution in [2.45, 2.75) is 150 Å². The third-order valence-electron chi connectivity index (χ3n) is 6.47. The first-order chi connectivity index (χ1) is 14.6. The Hall–Kier alpha value is -0.860.